The van der Waals surface area contributed by atoms with Crippen molar-refractivity contribution in [2.24, 2.45) is 5.92 Å². The maximum Gasteiger partial charge on any atom is 0.0388 e. The lowest BCUT2D eigenvalue weighted by Gasteiger charge is -2.41. The van der Waals surface area contributed by atoms with Crippen LogP contribution in [0.3, 0.4) is 0 Å². The van der Waals surface area contributed by atoms with Gasteiger partial charge in [-0.25, -0.2) is 0 Å². The molecule has 102 valence electrons. The van der Waals surface area contributed by atoms with Gasteiger partial charge in [0.25, 0.3) is 0 Å². The first-order valence-electron chi connectivity index (χ1n) is 7.00. The molecule has 1 aliphatic rings. The van der Waals surface area contributed by atoms with Crippen LogP contribution < -0.4 is 5.32 Å². The van der Waals surface area contributed by atoms with Crippen molar-refractivity contribution in [3.8, 4) is 0 Å². The van der Waals surface area contributed by atoms with Crippen LogP contribution in [0.4, 0.5) is 0 Å². The highest BCUT2D eigenvalue weighted by atomic mass is 32.1. The van der Waals surface area contributed by atoms with Gasteiger partial charge in [0.05, 0.1) is 0 Å². The van der Waals surface area contributed by atoms with E-state index in [1.54, 1.807) is 0 Å². The molecule has 0 aromatic carbocycles. The number of thiophene rings is 1. The summed E-state index contributed by atoms with van der Waals surface area (Å²) < 4.78 is 0. The lowest BCUT2D eigenvalue weighted by atomic mass is 9.89. The van der Waals surface area contributed by atoms with Gasteiger partial charge in [-0.3, -0.25) is 0 Å². The second-order valence-corrected chi connectivity index (χ2v) is 7.26. The van der Waals surface area contributed by atoms with Crippen molar-refractivity contribution in [2.45, 2.75) is 52.2 Å². The normalized spacial score (nSPS) is 31.5. The zero-order valence-electron chi connectivity index (χ0n) is 12.2. The van der Waals surface area contributed by atoms with Gasteiger partial charge in [0, 0.05) is 34.4 Å². The molecular formula is C15H26N2S. The third kappa shape index (κ3) is 3.14. The number of aryl methyl sites for hydroxylation is 1. The zero-order chi connectivity index (χ0) is 13.3. The first-order valence-corrected chi connectivity index (χ1v) is 7.81. The summed E-state index contributed by atoms with van der Waals surface area (Å²) in [5.74, 6) is 0.731. The number of rotatable bonds is 3. The predicted octanol–water partition coefficient (Wildman–Crippen LogP) is 3.44. The fourth-order valence-electron chi connectivity index (χ4n) is 2.86. The van der Waals surface area contributed by atoms with Crippen molar-refractivity contribution in [3.63, 3.8) is 0 Å². The molecule has 0 bridgehead atoms. The van der Waals surface area contributed by atoms with Gasteiger partial charge >= 0.3 is 0 Å². The molecular weight excluding hydrogens is 240 g/mol. The van der Waals surface area contributed by atoms with E-state index in [1.807, 2.05) is 11.3 Å². The topological polar surface area (TPSA) is 15.3 Å². The van der Waals surface area contributed by atoms with Crippen LogP contribution in [0, 0.1) is 12.8 Å². The highest BCUT2D eigenvalue weighted by Gasteiger charge is 2.29. The van der Waals surface area contributed by atoms with E-state index in [2.05, 4.69) is 57.1 Å². The first-order chi connectivity index (χ1) is 8.47. The minimum Gasteiger partial charge on any atom is -0.306 e. The van der Waals surface area contributed by atoms with Crippen LogP contribution in [0.25, 0.3) is 0 Å². The van der Waals surface area contributed by atoms with Crippen LogP contribution >= 0.6 is 11.3 Å². The summed E-state index contributed by atoms with van der Waals surface area (Å²) in [6.07, 6.45) is 1.26. The minimum atomic E-state index is 0.478. The van der Waals surface area contributed by atoms with E-state index >= 15 is 0 Å². The Balaban J connectivity index is 1.96. The molecule has 0 aliphatic carbocycles. The van der Waals surface area contributed by atoms with Crippen molar-refractivity contribution in [2.75, 3.05) is 13.6 Å². The Morgan fingerprint density at radius 2 is 2.11 bits per heavy atom. The quantitative estimate of drug-likeness (QED) is 0.901. The molecule has 2 rings (SSSR count). The first kappa shape index (κ1) is 14.0. The van der Waals surface area contributed by atoms with E-state index < -0.39 is 0 Å². The number of nitrogens with zero attached hydrogens (tertiary/aromatic N) is 1. The standard InChI is InChI=1S/C15H26N2S/c1-10-9-17(5)11(2)8-14(10)16-13(4)15-7-6-12(3)18-15/h6-7,10-11,13-14,16H,8-9H2,1-5H3. The fraction of sp³-hybridized carbons (Fsp3) is 0.733. The van der Waals surface area contributed by atoms with Gasteiger partial charge in [-0.05, 0) is 52.3 Å². The van der Waals surface area contributed by atoms with Crippen molar-refractivity contribution >= 4 is 11.3 Å². The second-order valence-electron chi connectivity index (χ2n) is 5.94. The van der Waals surface area contributed by atoms with E-state index in [9.17, 15) is 0 Å². The third-order valence-corrected chi connectivity index (χ3v) is 5.45. The minimum absolute atomic E-state index is 0.478. The van der Waals surface area contributed by atoms with Crippen LogP contribution in [0.15, 0.2) is 12.1 Å². The molecule has 0 radical (unpaired) electrons. The lowest BCUT2D eigenvalue weighted by Crippen LogP contribution is -2.51. The molecule has 1 saturated heterocycles. The third-order valence-electron chi connectivity index (χ3n) is 4.26. The summed E-state index contributed by atoms with van der Waals surface area (Å²) in [5.41, 5.74) is 0. The van der Waals surface area contributed by atoms with Crippen molar-refractivity contribution in [1.82, 2.24) is 10.2 Å². The fourth-order valence-corrected chi connectivity index (χ4v) is 3.75. The molecule has 4 atom stereocenters. The van der Waals surface area contributed by atoms with Gasteiger partial charge in [-0.2, -0.15) is 0 Å². The smallest absolute Gasteiger partial charge is 0.0388 e. The molecule has 1 aromatic rings. The molecule has 0 spiro atoms. The Bertz CT molecular complexity index is 388. The zero-order valence-corrected chi connectivity index (χ0v) is 13.1. The van der Waals surface area contributed by atoms with E-state index in [0.29, 0.717) is 18.1 Å². The van der Waals surface area contributed by atoms with E-state index in [-0.39, 0.29) is 0 Å². The summed E-state index contributed by atoms with van der Waals surface area (Å²) in [5, 5.41) is 3.83. The van der Waals surface area contributed by atoms with E-state index in [4.69, 9.17) is 0 Å². The van der Waals surface area contributed by atoms with Crippen LogP contribution in [0.1, 0.15) is 43.0 Å². The Morgan fingerprint density at radius 1 is 1.39 bits per heavy atom. The molecule has 1 fully saturated rings. The summed E-state index contributed by atoms with van der Waals surface area (Å²) in [6.45, 7) is 10.4. The van der Waals surface area contributed by atoms with E-state index in [1.165, 1.54) is 22.7 Å². The monoisotopic (exact) mass is 266 g/mol. The second kappa shape index (κ2) is 5.72. The van der Waals surface area contributed by atoms with Gasteiger partial charge in [0.15, 0.2) is 0 Å². The highest BCUT2D eigenvalue weighted by molar-refractivity contribution is 7.12. The highest BCUT2D eigenvalue weighted by Crippen LogP contribution is 2.26. The molecule has 1 N–H and O–H groups in total. The number of nitrogens with one attached hydrogen (secondary N) is 1. The van der Waals surface area contributed by atoms with Crippen molar-refractivity contribution in [1.29, 1.82) is 0 Å². The largest absolute Gasteiger partial charge is 0.306 e. The predicted molar refractivity (Wildman–Crippen MR) is 80.3 cm³/mol. The molecule has 0 amide bonds. The lowest BCUT2D eigenvalue weighted by molar-refractivity contribution is 0.117. The molecule has 0 saturated carbocycles. The Labute approximate surface area is 115 Å². The Hall–Kier alpha value is -0.380. The van der Waals surface area contributed by atoms with Gasteiger partial charge in [0.1, 0.15) is 0 Å². The molecule has 18 heavy (non-hydrogen) atoms. The SMILES string of the molecule is Cc1ccc(C(C)NC2CC(C)N(C)CC2C)s1. The summed E-state index contributed by atoms with van der Waals surface area (Å²) in [6, 6.07) is 6.30. The van der Waals surface area contributed by atoms with Crippen molar-refractivity contribution < 1.29 is 0 Å². The van der Waals surface area contributed by atoms with Gasteiger partial charge in [-0.1, -0.05) is 6.92 Å². The summed E-state index contributed by atoms with van der Waals surface area (Å²) in [7, 11) is 2.24. The summed E-state index contributed by atoms with van der Waals surface area (Å²) >= 11 is 1.91. The van der Waals surface area contributed by atoms with Crippen LogP contribution in [0.5, 0.6) is 0 Å². The average Bonchev–Trinajstić information content (AvgIpc) is 2.73. The maximum absolute atomic E-state index is 3.83. The van der Waals surface area contributed by atoms with Crippen LogP contribution in [-0.2, 0) is 0 Å². The summed E-state index contributed by atoms with van der Waals surface area (Å²) in [4.78, 5) is 5.35. The Kier molecular flexibility index (Phi) is 4.46. The number of piperidine rings is 1. The molecule has 4 unspecified atom stereocenters. The maximum atomic E-state index is 3.83. The van der Waals surface area contributed by atoms with Gasteiger partial charge in [0.2, 0.25) is 0 Å². The number of hydrogen-bond acceptors (Lipinski definition) is 3. The van der Waals surface area contributed by atoms with Gasteiger partial charge in [-0.15, -0.1) is 11.3 Å². The molecule has 1 aromatic heterocycles. The molecule has 2 nitrogen and oxygen atoms in total. The number of likely N-dealkylation sites (tertiary alicyclic amines) is 1. The Morgan fingerprint density at radius 3 is 2.72 bits per heavy atom. The van der Waals surface area contributed by atoms with Gasteiger partial charge < -0.3 is 10.2 Å². The van der Waals surface area contributed by atoms with Crippen molar-refractivity contribution in [3.05, 3.63) is 21.9 Å². The van der Waals surface area contributed by atoms with E-state index in [0.717, 1.165) is 5.92 Å². The molecule has 1 aliphatic heterocycles. The number of hydrogen-bond donors (Lipinski definition) is 1. The average molecular weight is 266 g/mol. The van der Waals surface area contributed by atoms with Crippen LogP contribution in [-0.4, -0.2) is 30.6 Å². The molecule has 3 heteroatoms. The van der Waals surface area contributed by atoms with Crippen LogP contribution in [0.2, 0.25) is 0 Å². The molecule has 2 heterocycles.